The molecule has 0 saturated heterocycles. The Morgan fingerprint density at radius 1 is 1.40 bits per heavy atom. The van der Waals surface area contributed by atoms with Gasteiger partial charge < -0.3 is 15.3 Å². The molecule has 1 rings (SSSR count). The molecule has 110 valence electrons. The number of carbonyl (C=O) groups excluding carboxylic acids is 1. The largest absolute Gasteiger partial charge is 0.480 e. The van der Waals surface area contributed by atoms with Crippen molar-refractivity contribution in [1.29, 1.82) is 0 Å². The van der Waals surface area contributed by atoms with Crippen molar-refractivity contribution in [2.45, 2.75) is 20.8 Å². The quantitative estimate of drug-likeness (QED) is 0.862. The Balaban J connectivity index is 2.84. The monoisotopic (exact) mass is 342 g/mol. The predicted octanol–water partition coefficient (Wildman–Crippen LogP) is 3.33. The van der Waals surface area contributed by atoms with E-state index in [1.54, 1.807) is 0 Å². The maximum absolute atomic E-state index is 12.2. The number of hydrogen-bond donors (Lipinski definition) is 2. The van der Waals surface area contributed by atoms with Gasteiger partial charge in [0.05, 0.1) is 5.69 Å². The van der Waals surface area contributed by atoms with Crippen molar-refractivity contribution in [3.05, 3.63) is 28.2 Å². The van der Waals surface area contributed by atoms with Gasteiger partial charge in [-0.25, -0.2) is 4.79 Å². The number of carbonyl (C=O) groups is 2. The zero-order chi connectivity index (χ0) is 15.3. The van der Waals surface area contributed by atoms with Gasteiger partial charge in [0, 0.05) is 11.0 Å². The number of benzene rings is 1. The van der Waals surface area contributed by atoms with Crippen molar-refractivity contribution in [3.8, 4) is 0 Å². The standard InChI is InChI=1S/C14H19BrN2O3/c1-9(2)7-17(8-13(18)19)14(20)16-12-6-10(3)4-5-11(12)15/h4-6,9H,7-8H2,1-3H3,(H,16,20)(H,18,19). The summed E-state index contributed by atoms with van der Waals surface area (Å²) in [6, 6.07) is 5.18. The minimum Gasteiger partial charge on any atom is -0.480 e. The highest BCUT2D eigenvalue weighted by Crippen LogP contribution is 2.23. The van der Waals surface area contributed by atoms with Gasteiger partial charge in [0.1, 0.15) is 6.54 Å². The summed E-state index contributed by atoms with van der Waals surface area (Å²) in [5, 5.41) is 11.6. The molecule has 5 nitrogen and oxygen atoms in total. The lowest BCUT2D eigenvalue weighted by atomic mass is 10.2. The molecule has 2 N–H and O–H groups in total. The van der Waals surface area contributed by atoms with E-state index in [4.69, 9.17) is 5.11 Å². The third-order valence-corrected chi connectivity index (χ3v) is 3.25. The first kappa shape index (κ1) is 16.5. The maximum atomic E-state index is 12.2. The molecule has 0 saturated carbocycles. The van der Waals surface area contributed by atoms with Gasteiger partial charge in [0.25, 0.3) is 0 Å². The summed E-state index contributed by atoms with van der Waals surface area (Å²) >= 11 is 3.36. The number of rotatable bonds is 5. The van der Waals surface area contributed by atoms with E-state index in [0.717, 1.165) is 10.0 Å². The number of carboxylic acids is 1. The summed E-state index contributed by atoms with van der Waals surface area (Å²) in [6.45, 7) is 5.87. The number of carboxylic acid groups (broad SMARTS) is 1. The highest BCUT2D eigenvalue weighted by Gasteiger charge is 2.18. The van der Waals surface area contributed by atoms with Crippen LogP contribution in [0.1, 0.15) is 19.4 Å². The fraction of sp³-hybridized carbons (Fsp3) is 0.429. The lowest BCUT2D eigenvalue weighted by Gasteiger charge is -2.23. The number of aliphatic carboxylic acids is 1. The summed E-state index contributed by atoms with van der Waals surface area (Å²) in [6.07, 6.45) is 0. The zero-order valence-corrected chi connectivity index (χ0v) is 13.4. The van der Waals surface area contributed by atoms with Crippen molar-refractivity contribution >= 4 is 33.6 Å². The molecular weight excluding hydrogens is 324 g/mol. The van der Waals surface area contributed by atoms with Crippen LogP contribution in [-0.2, 0) is 4.79 Å². The number of anilines is 1. The predicted molar refractivity (Wildman–Crippen MR) is 81.9 cm³/mol. The van der Waals surface area contributed by atoms with Crippen molar-refractivity contribution in [2.75, 3.05) is 18.4 Å². The van der Waals surface area contributed by atoms with Gasteiger partial charge in [-0.1, -0.05) is 19.9 Å². The van der Waals surface area contributed by atoms with Crippen LogP contribution in [0.4, 0.5) is 10.5 Å². The lowest BCUT2D eigenvalue weighted by molar-refractivity contribution is -0.137. The van der Waals surface area contributed by atoms with Crippen molar-refractivity contribution in [1.82, 2.24) is 4.90 Å². The molecule has 0 aliphatic heterocycles. The number of urea groups is 1. The van der Waals surface area contributed by atoms with Gasteiger partial charge in [0.2, 0.25) is 0 Å². The molecule has 0 spiro atoms. The minimum atomic E-state index is -1.02. The van der Waals surface area contributed by atoms with Crippen LogP contribution in [0.15, 0.2) is 22.7 Å². The zero-order valence-electron chi connectivity index (χ0n) is 11.8. The van der Waals surface area contributed by atoms with Crippen molar-refractivity contribution in [3.63, 3.8) is 0 Å². The van der Waals surface area contributed by atoms with Crippen LogP contribution in [0.3, 0.4) is 0 Å². The van der Waals surface area contributed by atoms with E-state index >= 15 is 0 Å². The summed E-state index contributed by atoms with van der Waals surface area (Å²) in [5.41, 5.74) is 1.64. The maximum Gasteiger partial charge on any atom is 0.323 e. The highest BCUT2D eigenvalue weighted by molar-refractivity contribution is 9.10. The van der Waals surface area contributed by atoms with E-state index in [1.165, 1.54) is 4.90 Å². The molecule has 0 fully saturated rings. The third-order valence-electron chi connectivity index (χ3n) is 2.56. The van der Waals surface area contributed by atoms with Crippen molar-refractivity contribution < 1.29 is 14.7 Å². The van der Waals surface area contributed by atoms with E-state index in [1.807, 2.05) is 39.0 Å². The summed E-state index contributed by atoms with van der Waals surface area (Å²) in [5.74, 6) is -0.829. The number of nitrogens with zero attached hydrogens (tertiary/aromatic N) is 1. The molecule has 1 aromatic carbocycles. The fourth-order valence-electron chi connectivity index (χ4n) is 1.75. The Kier molecular flexibility index (Phi) is 6.01. The molecule has 6 heteroatoms. The van der Waals surface area contributed by atoms with Crippen LogP contribution in [0.2, 0.25) is 0 Å². The van der Waals surface area contributed by atoms with Crippen LogP contribution in [0, 0.1) is 12.8 Å². The molecule has 2 amide bonds. The first-order valence-corrected chi connectivity index (χ1v) is 7.12. The number of hydrogen-bond acceptors (Lipinski definition) is 2. The Morgan fingerprint density at radius 3 is 2.60 bits per heavy atom. The van der Waals surface area contributed by atoms with Gasteiger partial charge in [-0.05, 0) is 46.5 Å². The van der Waals surface area contributed by atoms with Crippen LogP contribution in [-0.4, -0.2) is 35.1 Å². The molecule has 0 radical (unpaired) electrons. The SMILES string of the molecule is Cc1ccc(Br)c(NC(=O)N(CC(=O)O)CC(C)C)c1. The summed E-state index contributed by atoms with van der Waals surface area (Å²) < 4.78 is 0.760. The van der Waals surface area contributed by atoms with Gasteiger partial charge >= 0.3 is 12.0 Å². The van der Waals surface area contributed by atoms with Gasteiger partial charge in [-0.3, -0.25) is 4.79 Å². The van der Waals surface area contributed by atoms with Crippen LogP contribution in [0.25, 0.3) is 0 Å². The van der Waals surface area contributed by atoms with Gasteiger partial charge in [-0.15, -0.1) is 0 Å². The Hall–Kier alpha value is -1.56. The van der Waals surface area contributed by atoms with Gasteiger partial charge in [-0.2, -0.15) is 0 Å². The first-order chi connectivity index (χ1) is 9.29. The average molecular weight is 343 g/mol. The topological polar surface area (TPSA) is 69.6 Å². The molecule has 0 unspecified atom stereocenters. The Bertz CT molecular complexity index is 503. The molecule has 0 aliphatic rings. The van der Waals surface area contributed by atoms with Crippen LogP contribution in [0.5, 0.6) is 0 Å². The second-order valence-electron chi connectivity index (χ2n) is 5.08. The normalized spacial score (nSPS) is 10.4. The van der Waals surface area contributed by atoms with E-state index < -0.39 is 12.0 Å². The van der Waals surface area contributed by atoms with Crippen LogP contribution >= 0.6 is 15.9 Å². The van der Waals surface area contributed by atoms with E-state index in [9.17, 15) is 9.59 Å². The molecule has 0 atom stereocenters. The average Bonchev–Trinajstić information content (AvgIpc) is 2.31. The molecule has 20 heavy (non-hydrogen) atoms. The third kappa shape index (κ3) is 5.21. The first-order valence-electron chi connectivity index (χ1n) is 6.33. The highest BCUT2D eigenvalue weighted by atomic mass is 79.9. The van der Waals surface area contributed by atoms with Crippen LogP contribution < -0.4 is 5.32 Å². The number of halogens is 1. The number of aryl methyl sites for hydroxylation is 1. The lowest BCUT2D eigenvalue weighted by Crippen LogP contribution is -2.41. The Labute approximate surface area is 127 Å². The second-order valence-corrected chi connectivity index (χ2v) is 5.94. The van der Waals surface area contributed by atoms with E-state index in [0.29, 0.717) is 12.2 Å². The Morgan fingerprint density at radius 2 is 2.05 bits per heavy atom. The molecule has 0 aliphatic carbocycles. The minimum absolute atomic E-state index is 0.195. The molecule has 0 aromatic heterocycles. The van der Waals surface area contributed by atoms with Crippen molar-refractivity contribution in [2.24, 2.45) is 5.92 Å². The molecule has 1 aromatic rings. The van der Waals surface area contributed by atoms with E-state index in [-0.39, 0.29) is 12.5 Å². The number of amides is 2. The molecule has 0 heterocycles. The summed E-state index contributed by atoms with van der Waals surface area (Å²) in [4.78, 5) is 24.3. The second kappa shape index (κ2) is 7.28. The van der Waals surface area contributed by atoms with E-state index in [2.05, 4.69) is 21.2 Å². The number of nitrogens with one attached hydrogen (secondary N) is 1. The smallest absolute Gasteiger partial charge is 0.323 e. The molecule has 0 bridgehead atoms. The van der Waals surface area contributed by atoms with Gasteiger partial charge in [0.15, 0.2) is 0 Å². The fourth-order valence-corrected chi connectivity index (χ4v) is 2.10. The summed E-state index contributed by atoms with van der Waals surface area (Å²) in [7, 11) is 0. The molecular formula is C14H19BrN2O3.